The Kier molecular flexibility index (Phi) is 4.37. The number of benzene rings is 2. The van der Waals surface area contributed by atoms with E-state index in [1.54, 1.807) is 43.5 Å². The maximum absolute atomic E-state index is 12.0. The van der Waals surface area contributed by atoms with Crippen LogP contribution < -0.4 is 4.74 Å². The van der Waals surface area contributed by atoms with Crippen molar-refractivity contribution in [1.82, 2.24) is 0 Å². The maximum Gasteiger partial charge on any atom is 0.185 e. The number of ketones is 1. The SMILES string of the molecule is COc1ccc(C(=O)/C=C/c2ccccc2Cl)cc1. The van der Waals surface area contributed by atoms with Crippen molar-refractivity contribution in [3.63, 3.8) is 0 Å². The summed E-state index contributed by atoms with van der Waals surface area (Å²) in [7, 11) is 1.59. The average Bonchev–Trinajstić information content (AvgIpc) is 2.46. The van der Waals surface area contributed by atoms with Crippen molar-refractivity contribution < 1.29 is 9.53 Å². The lowest BCUT2D eigenvalue weighted by atomic mass is 10.1. The van der Waals surface area contributed by atoms with Crippen LogP contribution in [0.15, 0.2) is 54.6 Å². The topological polar surface area (TPSA) is 26.3 Å². The minimum Gasteiger partial charge on any atom is -0.497 e. The Morgan fingerprint density at radius 2 is 1.79 bits per heavy atom. The molecule has 0 aliphatic heterocycles. The van der Waals surface area contributed by atoms with Gasteiger partial charge in [-0.1, -0.05) is 29.8 Å². The third-order valence-electron chi connectivity index (χ3n) is 2.69. The Balaban J connectivity index is 2.14. The highest BCUT2D eigenvalue weighted by atomic mass is 35.5. The fraction of sp³-hybridized carbons (Fsp3) is 0.0625. The van der Waals surface area contributed by atoms with Crippen LogP contribution in [0, 0.1) is 0 Å². The van der Waals surface area contributed by atoms with Crippen LogP contribution in [0.5, 0.6) is 5.75 Å². The van der Waals surface area contributed by atoms with E-state index in [4.69, 9.17) is 16.3 Å². The first-order valence-corrected chi connectivity index (χ1v) is 6.19. The van der Waals surface area contributed by atoms with Gasteiger partial charge in [-0.3, -0.25) is 4.79 Å². The first-order valence-electron chi connectivity index (χ1n) is 5.81. The van der Waals surface area contributed by atoms with E-state index in [1.807, 2.05) is 18.2 Å². The van der Waals surface area contributed by atoms with Gasteiger partial charge in [-0.15, -0.1) is 0 Å². The molecule has 0 aromatic heterocycles. The Hall–Kier alpha value is -2.06. The van der Waals surface area contributed by atoms with Gasteiger partial charge < -0.3 is 4.74 Å². The van der Waals surface area contributed by atoms with Gasteiger partial charge in [0.05, 0.1) is 7.11 Å². The predicted octanol–water partition coefficient (Wildman–Crippen LogP) is 4.24. The van der Waals surface area contributed by atoms with E-state index in [0.717, 1.165) is 11.3 Å². The fourth-order valence-corrected chi connectivity index (χ4v) is 1.83. The largest absolute Gasteiger partial charge is 0.497 e. The Bertz CT molecular complexity index is 600. The van der Waals surface area contributed by atoms with Crippen LogP contribution in [0.3, 0.4) is 0 Å². The Morgan fingerprint density at radius 1 is 1.11 bits per heavy atom. The van der Waals surface area contributed by atoms with Gasteiger partial charge in [0.15, 0.2) is 5.78 Å². The molecule has 0 N–H and O–H groups in total. The van der Waals surface area contributed by atoms with Crippen molar-refractivity contribution in [3.05, 3.63) is 70.8 Å². The van der Waals surface area contributed by atoms with Gasteiger partial charge in [0.1, 0.15) is 5.75 Å². The monoisotopic (exact) mass is 272 g/mol. The number of hydrogen-bond acceptors (Lipinski definition) is 2. The zero-order valence-electron chi connectivity index (χ0n) is 10.5. The predicted molar refractivity (Wildman–Crippen MR) is 77.8 cm³/mol. The number of hydrogen-bond donors (Lipinski definition) is 0. The van der Waals surface area contributed by atoms with Crippen LogP contribution >= 0.6 is 11.6 Å². The fourth-order valence-electron chi connectivity index (χ4n) is 1.63. The molecule has 0 fully saturated rings. The first kappa shape index (κ1) is 13.4. The van der Waals surface area contributed by atoms with Crippen molar-refractivity contribution in [2.45, 2.75) is 0 Å². The van der Waals surface area contributed by atoms with Gasteiger partial charge in [-0.25, -0.2) is 0 Å². The zero-order chi connectivity index (χ0) is 13.7. The second kappa shape index (κ2) is 6.21. The summed E-state index contributed by atoms with van der Waals surface area (Å²) in [6, 6.07) is 14.4. The van der Waals surface area contributed by atoms with Gasteiger partial charge >= 0.3 is 0 Å². The summed E-state index contributed by atoms with van der Waals surface area (Å²) < 4.78 is 5.05. The molecule has 0 saturated heterocycles. The number of halogens is 1. The normalized spacial score (nSPS) is 10.6. The van der Waals surface area contributed by atoms with Crippen molar-refractivity contribution in [3.8, 4) is 5.75 Å². The lowest BCUT2D eigenvalue weighted by molar-refractivity contribution is 0.104. The van der Waals surface area contributed by atoms with Crippen molar-refractivity contribution in [2.24, 2.45) is 0 Å². The number of carbonyl (C=O) groups excluding carboxylic acids is 1. The molecule has 3 heteroatoms. The number of carbonyl (C=O) groups is 1. The number of methoxy groups -OCH3 is 1. The molecule has 96 valence electrons. The zero-order valence-corrected chi connectivity index (χ0v) is 11.2. The highest BCUT2D eigenvalue weighted by Crippen LogP contribution is 2.17. The van der Waals surface area contributed by atoms with Gasteiger partial charge in [0.25, 0.3) is 0 Å². The molecule has 0 unspecified atom stereocenters. The van der Waals surface area contributed by atoms with E-state index < -0.39 is 0 Å². The van der Waals surface area contributed by atoms with Gasteiger partial charge in [0.2, 0.25) is 0 Å². The number of rotatable bonds is 4. The summed E-state index contributed by atoms with van der Waals surface area (Å²) in [6.07, 6.45) is 3.23. The van der Waals surface area contributed by atoms with Crippen LogP contribution in [0.25, 0.3) is 6.08 Å². The second-order valence-corrected chi connectivity index (χ2v) is 4.35. The molecule has 0 saturated carbocycles. The third kappa shape index (κ3) is 3.46. The molecule has 0 radical (unpaired) electrons. The maximum atomic E-state index is 12.0. The van der Waals surface area contributed by atoms with E-state index in [9.17, 15) is 4.79 Å². The van der Waals surface area contributed by atoms with Crippen LogP contribution in [0.1, 0.15) is 15.9 Å². The molecule has 0 heterocycles. The highest BCUT2D eigenvalue weighted by molar-refractivity contribution is 6.32. The summed E-state index contributed by atoms with van der Waals surface area (Å²) in [6.45, 7) is 0. The Labute approximate surface area is 117 Å². The lowest BCUT2D eigenvalue weighted by Crippen LogP contribution is -1.94. The van der Waals surface area contributed by atoms with E-state index in [1.165, 1.54) is 6.08 Å². The molecule has 0 atom stereocenters. The number of ether oxygens (including phenoxy) is 1. The quantitative estimate of drug-likeness (QED) is 0.614. The minimum atomic E-state index is -0.0671. The molecule has 0 aliphatic carbocycles. The lowest BCUT2D eigenvalue weighted by Gasteiger charge is -2.00. The highest BCUT2D eigenvalue weighted by Gasteiger charge is 2.02. The van der Waals surface area contributed by atoms with Crippen molar-refractivity contribution in [2.75, 3.05) is 7.11 Å². The van der Waals surface area contributed by atoms with E-state index in [2.05, 4.69) is 0 Å². The van der Waals surface area contributed by atoms with Crippen LogP contribution in [0.2, 0.25) is 5.02 Å². The molecule has 0 bridgehead atoms. The van der Waals surface area contributed by atoms with E-state index >= 15 is 0 Å². The van der Waals surface area contributed by atoms with Crippen LogP contribution in [-0.4, -0.2) is 12.9 Å². The number of allylic oxidation sites excluding steroid dienone is 1. The minimum absolute atomic E-state index is 0.0671. The van der Waals surface area contributed by atoms with Gasteiger partial charge in [0, 0.05) is 10.6 Å². The Morgan fingerprint density at radius 3 is 2.42 bits per heavy atom. The molecule has 19 heavy (non-hydrogen) atoms. The molecule has 0 amide bonds. The van der Waals surface area contributed by atoms with E-state index in [-0.39, 0.29) is 5.78 Å². The molecule has 2 nitrogen and oxygen atoms in total. The van der Waals surface area contributed by atoms with Gasteiger partial charge in [-0.2, -0.15) is 0 Å². The molecular weight excluding hydrogens is 260 g/mol. The van der Waals surface area contributed by atoms with Crippen molar-refractivity contribution >= 4 is 23.5 Å². The van der Waals surface area contributed by atoms with Crippen LogP contribution in [-0.2, 0) is 0 Å². The van der Waals surface area contributed by atoms with Crippen LogP contribution in [0.4, 0.5) is 0 Å². The second-order valence-electron chi connectivity index (χ2n) is 3.95. The third-order valence-corrected chi connectivity index (χ3v) is 3.04. The molecule has 0 aliphatic rings. The summed E-state index contributed by atoms with van der Waals surface area (Å²) in [5, 5.41) is 0.626. The van der Waals surface area contributed by atoms with E-state index in [0.29, 0.717) is 10.6 Å². The molecule has 2 aromatic carbocycles. The molecule has 0 spiro atoms. The average molecular weight is 273 g/mol. The standard InChI is InChI=1S/C16H13ClO2/c1-19-14-9-6-13(7-10-14)16(18)11-8-12-4-2-3-5-15(12)17/h2-11H,1H3/b11-8+. The summed E-state index contributed by atoms with van der Waals surface area (Å²) in [4.78, 5) is 12.0. The molecule has 2 aromatic rings. The van der Waals surface area contributed by atoms with Crippen molar-refractivity contribution in [1.29, 1.82) is 0 Å². The first-order chi connectivity index (χ1) is 9.20. The van der Waals surface area contributed by atoms with Gasteiger partial charge in [-0.05, 0) is 48.0 Å². The molecular formula is C16H13ClO2. The summed E-state index contributed by atoms with van der Waals surface area (Å²) in [5.74, 6) is 0.661. The molecule has 2 rings (SSSR count). The summed E-state index contributed by atoms with van der Waals surface area (Å²) >= 11 is 6.01. The summed E-state index contributed by atoms with van der Waals surface area (Å²) in [5.41, 5.74) is 1.44. The smallest absolute Gasteiger partial charge is 0.185 e.